The van der Waals surface area contributed by atoms with Gasteiger partial charge >= 0.3 is 0 Å². The number of carbonyl (C=O) groups excluding carboxylic acids is 1. The third kappa shape index (κ3) is 1.14. The van der Waals surface area contributed by atoms with Crippen LogP contribution in [0, 0.1) is 0 Å². The summed E-state index contributed by atoms with van der Waals surface area (Å²) in [4.78, 5) is 13.7. The number of hydrogen-bond donors (Lipinski definition) is 0. The molecule has 1 heterocycles. The van der Waals surface area contributed by atoms with Crippen molar-refractivity contribution < 1.29 is 4.79 Å². The first-order valence-electron chi connectivity index (χ1n) is 1.89. The molecule has 0 aliphatic heterocycles. The molecule has 0 amide bonds. The van der Waals surface area contributed by atoms with Crippen molar-refractivity contribution in [3.8, 4) is 0 Å². The largest absolute Gasteiger partial charge is 0.295 e. The second-order valence-corrected chi connectivity index (χ2v) is 2.83. The Balaban J connectivity index is 3.00. The molecule has 0 N–H and O–H groups in total. The molecule has 0 aliphatic rings. The fourth-order valence-corrected chi connectivity index (χ4v) is 1.39. The molecule has 4 heteroatoms. The van der Waals surface area contributed by atoms with Gasteiger partial charge in [-0.25, -0.2) is 4.98 Å². The minimum Gasteiger partial charge on any atom is -0.295 e. The molecule has 0 spiro atoms. The van der Waals surface area contributed by atoms with E-state index in [-0.39, 0.29) is 0 Å². The Morgan fingerprint density at radius 2 is 2.62 bits per heavy atom. The highest BCUT2D eigenvalue weighted by molar-refractivity contribution is 9.10. The summed E-state index contributed by atoms with van der Waals surface area (Å²) in [5.41, 5.74) is 0. The summed E-state index contributed by atoms with van der Waals surface area (Å²) >= 11 is 4.44. The normalized spacial score (nSPS) is 9.12. The number of halogens is 1. The predicted molar refractivity (Wildman–Crippen MR) is 35.2 cm³/mol. The third-order valence-electron chi connectivity index (χ3n) is 0.595. The highest BCUT2D eigenvalue weighted by atomic mass is 79.9. The van der Waals surface area contributed by atoms with Crippen LogP contribution in [0.5, 0.6) is 0 Å². The number of aromatic nitrogens is 1. The summed E-state index contributed by atoms with van der Waals surface area (Å²) in [5, 5.41) is 2.28. The van der Waals surface area contributed by atoms with E-state index >= 15 is 0 Å². The van der Waals surface area contributed by atoms with Gasteiger partial charge in [-0.2, -0.15) is 0 Å². The lowest BCUT2D eigenvalue weighted by Gasteiger charge is -1.68. The van der Waals surface area contributed by atoms with Gasteiger partial charge in [0.05, 0.1) is 0 Å². The van der Waals surface area contributed by atoms with Crippen LogP contribution >= 0.6 is 27.3 Å². The number of nitrogens with zero attached hydrogens (tertiary/aromatic N) is 1. The van der Waals surface area contributed by atoms with E-state index in [0.717, 1.165) is 10.9 Å². The number of aldehydes is 1. The van der Waals surface area contributed by atoms with Gasteiger partial charge in [-0.05, 0) is 15.9 Å². The van der Waals surface area contributed by atoms with Gasteiger partial charge in [-0.3, -0.25) is 4.79 Å². The average molecular weight is 192 g/mol. The zero-order valence-electron chi connectivity index (χ0n) is 3.80. The summed E-state index contributed by atoms with van der Waals surface area (Å²) in [6.07, 6.45) is 0.732. The Labute approximate surface area is 58.7 Å². The van der Waals surface area contributed by atoms with Crippen molar-refractivity contribution >= 4 is 33.6 Å². The van der Waals surface area contributed by atoms with Gasteiger partial charge in [0.1, 0.15) is 4.60 Å². The Kier molecular flexibility index (Phi) is 1.75. The monoisotopic (exact) mass is 191 g/mol. The van der Waals surface area contributed by atoms with Crippen LogP contribution in [0.2, 0.25) is 0 Å². The van der Waals surface area contributed by atoms with E-state index in [1.165, 1.54) is 11.3 Å². The molecular weight excluding hydrogens is 190 g/mol. The summed E-state index contributed by atoms with van der Waals surface area (Å²) in [6.45, 7) is 0. The molecule has 2 nitrogen and oxygen atoms in total. The Morgan fingerprint density at radius 3 is 2.88 bits per heavy atom. The molecule has 0 bridgehead atoms. The summed E-state index contributed by atoms with van der Waals surface area (Å²) < 4.78 is 0.726. The lowest BCUT2D eigenvalue weighted by Crippen LogP contribution is -1.71. The number of hydrogen-bond acceptors (Lipinski definition) is 3. The van der Waals surface area contributed by atoms with E-state index in [4.69, 9.17) is 0 Å². The first-order valence-corrected chi connectivity index (χ1v) is 3.56. The zero-order valence-corrected chi connectivity index (χ0v) is 6.20. The van der Waals surface area contributed by atoms with Gasteiger partial charge in [0.25, 0.3) is 0 Å². The lowest BCUT2D eigenvalue weighted by atomic mass is 10.8. The molecule has 0 saturated carbocycles. The minimum atomic E-state index is 0.511. The van der Waals surface area contributed by atoms with Gasteiger partial charge in [0.15, 0.2) is 11.3 Å². The molecule has 0 radical (unpaired) electrons. The van der Waals surface area contributed by atoms with Crippen molar-refractivity contribution in [2.75, 3.05) is 0 Å². The molecule has 0 aliphatic carbocycles. The topological polar surface area (TPSA) is 30.0 Å². The second-order valence-electron chi connectivity index (χ2n) is 1.13. The summed E-state index contributed by atoms with van der Waals surface area (Å²) in [6, 6.07) is 0. The fraction of sp³-hybridized carbons (Fsp3) is 0. The van der Waals surface area contributed by atoms with E-state index < -0.39 is 0 Å². The number of thiazole rings is 1. The maximum Gasteiger partial charge on any atom is 0.178 e. The molecule has 0 aromatic carbocycles. The standard InChI is InChI=1S/C4H2BrNOS/c5-3-2-8-4(1-7)6-3/h1-2H. The van der Waals surface area contributed by atoms with E-state index in [0.29, 0.717) is 5.01 Å². The second kappa shape index (κ2) is 2.37. The van der Waals surface area contributed by atoms with Crippen molar-refractivity contribution in [2.24, 2.45) is 0 Å². The van der Waals surface area contributed by atoms with Crippen LogP contribution in [0.1, 0.15) is 9.80 Å². The highest BCUT2D eigenvalue weighted by Gasteiger charge is 1.93. The molecule has 1 aromatic rings. The zero-order chi connectivity index (χ0) is 5.98. The van der Waals surface area contributed by atoms with Crippen LogP contribution in [-0.4, -0.2) is 11.3 Å². The average Bonchev–Trinajstić information content (AvgIpc) is 2.14. The smallest absolute Gasteiger partial charge is 0.178 e. The lowest BCUT2D eigenvalue weighted by molar-refractivity contribution is 0.112. The number of carbonyl (C=O) groups is 1. The van der Waals surface area contributed by atoms with Crippen LogP contribution in [0.25, 0.3) is 0 Å². The summed E-state index contributed by atoms with van der Waals surface area (Å²) in [7, 11) is 0. The third-order valence-corrected chi connectivity index (χ3v) is 2.07. The van der Waals surface area contributed by atoms with Gasteiger partial charge in [0, 0.05) is 5.38 Å². The van der Waals surface area contributed by atoms with Gasteiger partial charge in [-0.15, -0.1) is 11.3 Å². The number of rotatable bonds is 1. The maximum atomic E-state index is 9.95. The molecule has 0 saturated heterocycles. The highest BCUT2D eigenvalue weighted by Crippen LogP contribution is 2.12. The van der Waals surface area contributed by atoms with Crippen LogP contribution in [0.3, 0.4) is 0 Å². The molecule has 8 heavy (non-hydrogen) atoms. The van der Waals surface area contributed by atoms with Gasteiger partial charge < -0.3 is 0 Å². The van der Waals surface area contributed by atoms with Crippen LogP contribution < -0.4 is 0 Å². The van der Waals surface area contributed by atoms with Gasteiger partial charge in [0.2, 0.25) is 0 Å². The van der Waals surface area contributed by atoms with Crippen LogP contribution in [0.4, 0.5) is 0 Å². The van der Waals surface area contributed by atoms with Crippen molar-refractivity contribution in [2.45, 2.75) is 0 Å². The minimum absolute atomic E-state index is 0.511. The molecule has 0 atom stereocenters. The molecule has 1 rings (SSSR count). The van der Waals surface area contributed by atoms with Gasteiger partial charge in [-0.1, -0.05) is 0 Å². The fourth-order valence-electron chi connectivity index (χ4n) is 0.321. The van der Waals surface area contributed by atoms with Crippen LogP contribution in [-0.2, 0) is 0 Å². The SMILES string of the molecule is O=Cc1nc(Br)cs1. The van der Waals surface area contributed by atoms with Crippen LogP contribution in [0.15, 0.2) is 9.98 Å². The molecule has 1 aromatic heterocycles. The van der Waals surface area contributed by atoms with E-state index in [1.54, 1.807) is 5.38 Å². The Hall–Kier alpha value is -0.220. The molecular formula is C4H2BrNOS. The van der Waals surface area contributed by atoms with E-state index in [1.807, 2.05) is 0 Å². The van der Waals surface area contributed by atoms with Crippen molar-refractivity contribution in [1.82, 2.24) is 4.98 Å². The predicted octanol–water partition coefficient (Wildman–Crippen LogP) is 1.72. The maximum absolute atomic E-state index is 9.95. The first kappa shape index (κ1) is 5.91. The van der Waals surface area contributed by atoms with Crippen molar-refractivity contribution in [1.29, 1.82) is 0 Å². The Bertz CT molecular complexity index is 198. The Morgan fingerprint density at radius 1 is 1.88 bits per heavy atom. The first-order chi connectivity index (χ1) is 3.83. The van der Waals surface area contributed by atoms with Crippen molar-refractivity contribution in [3.05, 3.63) is 15.0 Å². The quantitative estimate of drug-likeness (QED) is 0.634. The molecule has 0 unspecified atom stereocenters. The molecule has 0 fully saturated rings. The summed E-state index contributed by atoms with van der Waals surface area (Å²) in [5.74, 6) is 0. The van der Waals surface area contributed by atoms with E-state index in [2.05, 4.69) is 20.9 Å². The van der Waals surface area contributed by atoms with Crippen molar-refractivity contribution in [3.63, 3.8) is 0 Å². The molecule has 42 valence electrons. The van der Waals surface area contributed by atoms with E-state index in [9.17, 15) is 4.79 Å².